The van der Waals surface area contributed by atoms with Crippen LogP contribution in [0.15, 0.2) is 56.6 Å². The van der Waals surface area contributed by atoms with E-state index in [1.807, 2.05) is 6.92 Å². The Labute approximate surface area is 164 Å². The number of nitrogens with zero attached hydrogens (tertiary/aromatic N) is 1. The van der Waals surface area contributed by atoms with Gasteiger partial charge in [-0.1, -0.05) is 12.1 Å². The third-order valence-electron chi connectivity index (χ3n) is 4.14. The molecule has 29 heavy (non-hydrogen) atoms. The summed E-state index contributed by atoms with van der Waals surface area (Å²) in [5, 5.41) is 11.8. The van der Waals surface area contributed by atoms with Gasteiger partial charge in [-0.05, 0) is 30.7 Å². The van der Waals surface area contributed by atoms with Crippen molar-refractivity contribution in [2.24, 2.45) is 0 Å². The molecule has 0 N–H and O–H groups in total. The minimum Gasteiger partial charge on any atom is -0.457 e. The number of nitro groups is 1. The summed E-state index contributed by atoms with van der Waals surface area (Å²) in [4.78, 5) is 33.9. The molecule has 0 bridgehead atoms. The van der Waals surface area contributed by atoms with E-state index in [0.29, 0.717) is 16.5 Å². The minimum absolute atomic E-state index is 0.188. The van der Waals surface area contributed by atoms with Gasteiger partial charge >= 0.3 is 11.6 Å². The highest BCUT2D eigenvalue weighted by molar-refractivity contribution is 7.90. The van der Waals surface area contributed by atoms with Crippen molar-refractivity contribution in [2.75, 3.05) is 6.26 Å². The van der Waals surface area contributed by atoms with Crippen molar-refractivity contribution in [1.29, 1.82) is 0 Å². The van der Waals surface area contributed by atoms with Gasteiger partial charge in [-0.3, -0.25) is 10.1 Å². The molecule has 0 atom stereocenters. The van der Waals surface area contributed by atoms with E-state index >= 15 is 0 Å². The molecule has 0 aliphatic rings. The van der Waals surface area contributed by atoms with Crippen molar-refractivity contribution in [2.45, 2.75) is 18.4 Å². The molecule has 0 spiro atoms. The van der Waals surface area contributed by atoms with Gasteiger partial charge in [-0.25, -0.2) is 18.0 Å². The number of fused-ring (bicyclic) bond motifs is 1. The van der Waals surface area contributed by atoms with Gasteiger partial charge in [0.25, 0.3) is 5.69 Å². The van der Waals surface area contributed by atoms with Gasteiger partial charge in [0.05, 0.1) is 10.5 Å². The normalized spacial score (nSPS) is 11.4. The van der Waals surface area contributed by atoms with E-state index in [4.69, 9.17) is 9.15 Å². The van der Waals surface area contributed by atoms with E-state index < -0.39 is 36.9 Å². The summed E-state index contributed by atoms with van der Waals surface area (Å²) in [5.74, 6) is -0.901. The van der Waals surface area contributed by atoms with Gasteiger partial charge in [-0.2, -0.15) is 0 Å². The average molecular weight is 417 g/mol. The molecule has 1 heterocycles. The summed E-state index contributed by atoms with van der Waals surface area (Å²) in [6.45, 7) is 1.56. The summed E-state index contributed by atoms with van der Waals surface area (Å²) in [6, 6.07) is 9.37. The first-order chi connectivity index (χ1) is 13.6. The molecule has 0 radical (unpaired) electrons. The number of hydrogen-bond donors (Lipinski definition) is 0. The molecule has 0 aliphatic heterocycles. The number of nitro benzene ring substituents is 1. The number of esters is 1. The number of rotatable bonds is 5. The standard InChI is InChI=1S/C19H15NO8S/c1-11-3-5-14-13(9-18(21)28-16(14)7-11)10-27-19(22)12-4-6-17(29(2,25)26)15(8-12)20(23)24/h3-9H,10H2,1-2H3. The molecule has 2 aromatic carbocycles. The summed E-state index contributed by atoms with van der Waals surface area (Å²) >= 11 is 0. The van der Waals surface area contributed by atoms with Gasteiger partial charge in [0.1, 0.15) is 17.1 Å². The second-order valence-electron chi connectivity index (χ2n) is 6.38. The molecule has 3 aromatic rings. The maximum Gasteiger partial charge on any atom is 0.338 e. The van der Waals surface area contributed by atoms with Crippen LogP contribution in [0.1, 0.15) is 21.5 Å². The van der Waals surface area contributed by atoms with Crippen LogP contribution >= 0.6 is 0 Å². The highest BCUT2D eigenvalue weighted by Gasteiger charge is 2.24. The zero-order valence-electron chi connectivity index (χ0n) is 15.4. The van der Waals surface area contributed by atoms with Crippen LogP contribution in [0.2, 0.25) is 0 Å². The Balaban J connectivity index is 1.90. The van der Waals surface area contributed by atoms with Crippen LogP contribution in [0.4, 0.5) is 5.69 Å². The molecule has 3 rings (SSSR count). The monoisotopic (exact) mass is 417 g/mol. The zero-order valence-corrected chi connectivity index (χ0v) is 16.2. The molecular weight excluding hydrogens is 402 g/mol. The third kappa shape index (κ3) is 4.32. The first-order valence-electron chi connectivity index (χ1n) is 8.25. The molecule has 0 amide bonds. The maximum absolute atomic E-state index is 12.3. The van der Waals surface area contributed by atoms with Crippen LogP contribution in [0.5, 0.6) is 0 Å². The predicted molar refractivity (Wildman–Crippen MR) is 103 cm³/mol. The molecule has 0 aliphatic carbocycles. The third-order valence-corrected chi connectivity index (χ3v) is 5.28. The smallest absolute Gasteiger partial charge is 0.338 e. The highest BCUT2D eigenvalue weighted by atomic mass is 32.2. The number of benzene rings is 2. The Kier molecular flexibility index (Phi) is 5.21. The first-order valence-corrected chi connectivity index (χ1v) is 10.1. The van der Waals surface area contributed by atoms with Crippen LogP contribution in [0.3, 0.4) is 0 Å². The Bertz CT molecular complexity index is 1310. The molecular formula is C19H15NO8S. The van der Waals surface area contributed by atoms with Gasteiger partial charge in [0, 0.05) is 29.3 Å². The van der Waals surface area contributed by atoms with Crippen molar-refractivity contribution in [1.82, 2.24) is 0 Å². The lowest BCUT2D eigenvalue weighted by atomic mass is 10.1. The van der Waals surface area contributed by atoms with E-state index in [1.54, 1.807) is 18.2 Å². The molecule has 1 aromatic heterocycles. The molecule has 0 fully saturated rings. The van der Waals surface area contributed by atoms with Crippen LogP contribution in [-0.2, 0) is 21.2 Å². The lowest BCUT2D eigenvalue weighted by Gasteiger charge is -2.08. The van der Waals surface area contributed by atoms with Crippen molar-refractivity contribution >= 4 is 32.5 Å². The maximum atomic E-state index is 12.3. The van der Waals surface area contributed by atoms with Gasteiger partial charge in [0.15, 0.2) is 9.84 Å². The van der Waals surface area contributed by atoms with Crippen molar-refractivity contribution < 1.29 is 27.3 Å². The summed E-state index contributed by atoms with van der Waals surface area (Å²) in [7, 11) is -3.85. The Morgan fingerprint density at radius 2 is 1.90 bits per heavy atom. The number of carbonyl (C=O) groups excluding carboxylic acids is 1. The van der Waals surface area contributed by atoms with Gasteiger partial charge in [-0.15, -0.1) is 0 Å². The molecule has 10 heteroatoms. The van der Waals surface area contributed by atoms with Crippen LogP contribution in [0, 0.1) is 17.0 Å². The number of ether oxygens (including phenoxy) is 1. The minimum atomic E-state index is -3.85. The fourth-order valence-electron chi connectivity index (χ4n) is 2.78. The molecule has 150 valence electrons. The lowest BCUT2D eigenvalue weighted by Crippen LogP contribution is -2.10. The lowest BCUT2D eigenvalue weighted by molar-refractivity contribution is -0.387. The van der Waals surface area contributed by atoms with Crippen molar-refractivity contribution in [3.63, 3.8) is 0 Å². The molecule has 0 saturated heterocycles. The number of sulfone groups is 1. The molecule has 0 unspecified atom stereocenters. The van der Waals surface area contributed by atoms with Crippen molar-refractivity contribution in [3.8, 4) is 0 Å². The summed E-state index contributed by atoms with van der Waals surface area (Å²) < 4.78 is 33.7. The summed E-state index contributed by atoms with van der Waals surface area (Å²) in [5.41, 5.74) is 0.120. The van der Waals surface area contributed by atoms with Crippen molar-refractivity contribution in [3.05, 3.63) is 79.7 Å². The Hall–Kier alpha value is -3.53. The first kappa shape index (κ1) is 20.2. The fourth-order valence-corrected chi connectivity index (χ4v) is 3.61. The Morgan fingerprint density at radius 1 is 1.17 bits per heavy atom. The largest absolute Gasteiger partial charge is 0.457 e. The Morgan fingerprint density at radius 3 is 2.55 bits per heavy atom. The number of aryl methyl sites for hydroxylation is 1. The summed E-state index contributed by atoms with van der Waals surface area (Å²) in [6.07, 6.45) is 0.834. The number of hydrogen-bond acceptors (Lipinski definition) is 8. The topological polar surface area (TPSA) is 134 Å². The SMILES string of the molecule is Cc1ccc2c(COC(=O)c3ccc(S(C)(=O)=O)c([N+](=O)[O-])c3)cc(=O)oc2c1. The van der Waals surface area contributed by atoms with Gasteiger partial charge in [0.2, 0.25) is 0 Å². The zero-order chi connectivity index (χ0) is 21.3. The van der Waals surface area contributed by atoms with E-state index in [2.05, 4.69) is 0 Å². The second-order valence-corrected chi connectivity index (χ2v) is 8.36. The quantitative estimate of drug-likeness (QED) is 0.268. The molecule has 0 saturated carbocycles. The molecule has 9 nitrogen and oxygen atoms in total. The van der Waals surface area contributed by atoms with Crippen LogP contribution in [0.25, 0.3) is 11.0 Å². The van der Waals surface area contributed by atoms with Crippen LogP contribution in [-0.4, -0.2) is 25.6 Å². The highest BCUT2D eigenvalue weighted by Crippen LogP contribution is 2.26. The number of carbonyl (C=O) groups is 1. The van der Waals surface area contributed by atoms with E-state index in [9.17, 15) is 28.1 Å². The predicted octanol–water partition coefficient (Wildman–Crippen LogP) is 2.77. The van der Waals surface area contributed by atoms with E-state index in [1.165, 1.54) is 6.07 Å². The average Bonchev–Trinajstić information content (AvgIpc) is 2.64. The van der Waals surface area contributed by atoms with Crippen LogP contribution < -0.4 is 5.63 Å². The second kappa shape index (κ2) is 7.47. The van der Waals surface area contributed by atoms with E-state index in [0.717, 1.165) is 30.0 Å². The van der Waals surface area contributed by atoms with E-state index in [-0.39, 0.29) is 12.2 Å². The fraction of sp³-hybridized carbons (Fsp3) is 0.158. The van der Waals surface area contributed by atoms with Gasteiger partial charge < -0.3 is 9.15 Å².